The van der Waals surface area contributed by atoms with Crippen LogP contribution in [0.15, 0.2) is 59.5 Å². The summed E-state index contributed by atoms with van der Waals surface area (Å²) in [6.07, 6.45) is 0.283. The van der Waals surface area contributed by atoms with Gasteiger partial charge in [-0.1, -0.05) is 24.3 Å². The van der Waals surface area contributed by atoms with Crippen molar-refractivity contribution >= 4 is 17.6 Å². The number of carbonyl (C=O) groups is 2. The Labute approximate surface area is 199 Å². The number of amides is 1. The molecular formula is C24H23FN4O6. The molecule has 0 spiro atoms. The van der Waals surface area contributed by atoms with Gasteiger partial charge in [-0.25, -0.2) is 9.18 Å². The first-order valence-corrected chi connectivity index (χ1v) is 10.7. The normalized spacial score (nSPS) is 14.0. The standard InChI is InChI=1S/C24H23FN4O6/c1-14(30)26-18-8-4-16(5-9-18)11-28-13-27(10-15-2-6-17(25)7-3-15)23(33)20-22(32)21(31)19(24(34)35)12-29(20)28/h2-9,12,14,26,30,32H,10-11,13H2,1H3,(H,34,35). The van der Waals surface area contributed by atoms with Crippen molar-refractivity contribution in [2.75, 3.05) is 17.0 Å². The number of halogens is 1. The summed E-state index contributed by atoms with van der Waals surface area (Å²) >= 11 is 0. The van der Waals surface area contributed by atoms with Gasteiger partial charge in [0, 0.05) is 18.4 Å². The Balaban J connectivity index is 1.73. The third kappa shape index (κ3) is 4.94. The molecule has 0 saturated carbocycles. The van der Waals surface area contributed by atoms with E-state index in [0.717, 1.165) is 11.8 Å². The lowest BCUT2D eigenvalue weighted by Crippen LogP contribution is -2.53. The van der Waals surface area contributed by atoms with E-state index in [1.54, 1.807) is 36.2 Å². The number of carboxylic acid groups (broad SMARTS) is 1. The Hall–Kier alpha value is -4.38. The van der Waals surface area contributed by atoms with Crippen LogP contribution in [0, 0.1) is 5.82 Å². The number of benzene rings is 2. The van der Waals surface area contributed by atoms with E-state index in [1.807, 2.05) is 0 Å². The van der Waals surface area contributed by atoms with Crippen LogP contribution < -0.4 is 15.8 Å². The van der Waals surface area contributed by atoms with E-state index in [1.165, 1.54) is 33.8 Å². The molecule has 1 aliphatic rings. The lowest BCUT2D eigenvalue weighted by molar-refractivity contribution is 0.0654. The number of hydrogen-bond acceptors (Lipinski definition) is 7. The first-order valence-electron chi connectivity index (χ1n) is 10.7. The molecule has 4 N–H and O–H groups in total. The molecule has 2 heterocycles. The van der Waals surface area contributed by atoms with Crippen LogP contribution in [0.4, 0.5) is 10.1 Å². The van der Waals surface area contributed by atoms with E-state index >= 15 is 0 Å². The van der Waals surface area contributed by atoms with Crippen molar-refractivity contribution in [1.29, 1.82) is 0 Å². The minimum Gasteiger partial charge on any atom is -0.502 e. The second kappa shape index (κ2) is 9.47. The highest BCUT2D eigenvalue weighted by atomic mass is 19.1. The average molecular weight is 482 g/mol. The zero-order valence-electron chi connectivity index (χ0n) is 18.7. The summed E-state index contributed by atoms with van der Waals surface area (Å²) in [5, 5.41) is 33.9. The van der Waals surface area contributed by atoms with E-state index in [4.69, 9.17) is 0 Å². The summed E-state index contributed by atoms with van der Waals surface area (Å²) in [6.45, 7) is 1.84. The molecule has 1 unspecified atom stereocenters. The molecule has 1 aliphatic heterocycles. The second-order valence-electron chi connectivity index (χ2n) is 8.17. The minimum atomic E-state index is -1.53. The number of anilines is 1. The summed E-state index contributed by atoms with van der Waals surface area (Å²) in [5.74, 6) is -3.59. The number of rotatable bonds is 7. The van der Waals surface area contributed by atoms with E-state index in [9.17, 15) is 34.1 Å². The summed E-state index contributed by atoms with van der Waals surface area (Å²) in [7, 11) is 0. The number of fused-ring (bicyclic) bond motifs is 1. The number of pyridine rings is 1. The zero-order chi connectivity index (χ0) is 25.3. The summed E-state index contributed by atoms with van der Waals surface area (Å²) in [4.78, 5) is 38.6. The number of aromatic hydroxyl groups is 1. The molecule has 1 atom stereocenters. The Kier molecular flexibility index (Phi) is 6.43. The molecule has 11 heteroatoms. The summed E-state index contributed by atoms with van der Waals surface area (Å²) in [6, 6.07) is 12.6. The molecule has 10 nitrogen and oxygen atoms in total. The van der Waals surface area contributed by atoms with Gasteiger partial charge in [0.2, 0.25) is 5.43 Å². The molecule has 35 heavy (non-hydrogen) atoms. The SMILES string of the molecule is CC(O)Nc1ccc(CN2CN(Cc3ccc(F)cc3)C(=O)c3c(O)c(=O)c(C(=O)O)cn32)cc1. The van der Waals surface area contributed by atoms with Crippen LogP contribution in [0.5, 0.6) is 5.75 Å². The molecule has 1 amide bonds. The molecule has 0 fully saturated rings. The predicted molar refractivity (Wildman–Crippen MR) is 124 cm³/mol. The van der Waals surface area contributed by atoms with Crippen LogP contribution >= 0.6 is 0 Å². The number of carboxylic acids is 1. The van der Waals surface area contributed by atoms with Crippen LogP contribution in [0.3, 0.4) is 0 Å². The van der Waals surface area contributed by atoms with Gasteiger partial charge in [0.05, 0.1) is 6.54 Å². The largest absolute Gasteiger partial charge is 0.502 e. The molecule has 2 aromatic carbocycles. The van der Waals surface area contributed by atoms with Gasteiger partial charge in [-0.3, -0.25) is 19.3 Å². The second-order valence-corrected chi connectivity index (χ2v) is 8.17. The molecule has 1 aromatic heterocycles. The van der Waals surface area contributed by atoms with Gasteiger partial charge in [0.15, 0.2) is 11.4 Å². The Morgan fingerprint density at radius 2 is 1.66 bits per heavy atom. The first-order chi connectivity index (χ1) is 16.6. The van der Waals surface area contributed by atoms with Crippen molar-refractivity contribution < 1.29 is 29.3 Å². The van der Waals surface area contributed by atoms with Crippen molar-refractivity contribution in [3.8, 4) is 5.75 Å². The molecule has 182 valence electrons. The third-order valence-electron chi connectivity index (χ3n) is 5.50. The van der Waals surface area contributed by atoms with Gasteiger partial charge in [-0.2, -0.15) is 0 Å². The van der Waals surface area contributed by atoms with E-state index < -0.39 is 40.7 Å². The van der Waals surface area contributed by atoms with Gasteiger partial charge in [-0.05, 0) is 42.3 Å². The number of nitrogens with zero attached hydrogens (tertiary/aromatic N) is 3. The van der Waals surface area contributed by atoms with Crippen molar-refractivity contribution in [3.05, 3.63) is 93.2 Å². The Morgan fingerprint density at radius 3 is 2.26 bits per heavy atom. The van der Waals surface area contributed by atoms with Crippen LogP contribution in [0.25, 0.3) is 0 Å². The number of hydrogen-bond donors (Lipinski definition) is 4. The molecule has 3 aromatic rings. The van der Waals surface area contributed by atoms with Gasteiger partial charge in [-0.15, -0.1) is 0 Å². The topological polar surface area (TPSA) is 135 Å². The van der Waals surface area contributed by atoms with Crippen LogP contribution in [-0.4, -0.2) is 49.7 Å². The van der Waals surface area contributed by atoms with Crippen molar-refractivity contribution in [3.63, 3.8) is 0 Å². The number of nitrogens with one attached hydrogen (secondary N) is 1. The third-order valence-corrected chi connectivity index (χ3v) is 5.50. The molecule has 0 saturated heterocycles. The fourth-order valence-electron chi connectivity index (χ4n) is 3.86. The highest BCUT2D eigenvalue weighted by molar-refractivity contribution is 5.97. The molecule has 4 rings (SSSR count). The fourth-order valence-corrected chi connectivity index (χ4v) is 3.86. The highest BCUT2D eigenvalue weighted by Crippen LogP contribution is 2.24. The lowest BCUT2D eigenvalue weighted by atomic mass is 10.1. The Morgan fingerprint density at radius 1 is 1.06 bits per heavy atom. The summed E-state index contributed by atoms with van der Waals surface area (Å²) < 4.78 is 14.5. The monoisotopic (exact) mass is 482 g/mol. The van der Waals surface area contributed by atoms with Crippen molar-refractivity contribution in [1.82, 2.24) is 9.58 Å². The van der Waals surface area contributed by atoms with Gasteiger partial charge in [0.25, 0.3) is 5.91 Å². The maximum absolute atomic E-state index is 13.3. The molecule has 0 radical (unpaired) electrons. The van der Waals surface area contributed by atoms with Gasteiger partial charge < -0.3 is 25.5 Å². The Bertz CT molecular complexity index is 1320. The maximum Gasteiger partial charge on any atom is 0.341 e. The quantitative estimate of drug-likeness (QED) is 0.375. The van der Waals surface area contributed by atoms with Crippen molar-refractivity contribution in [2.24, 2.45) is 0 Å². The number of aliphatic hydroxyl groups is 1. The van der Waals surface area contributed by atoms with Crippen LogP contribution in [-0.2, 0) is 13.1 Å². The van der Waals surface area contributed by atoms with Crippen LogP contribution in [0.2, 0.25) is 0 Å². The van der Waals surface area contributed by atoms with E-state index in [0.29, 0.717) is 11.3 Å². The molecular weight excluding hydrogens is 459 g/mol. The van der Waals surface area contributed by atoms with E-state index in [-0.39, 0.29) is 25.5 Å². The fraction of sp³-hybridized carbons (Fsp3) is 0.208. The molecule has 0 bridgehead atoms. The predicted octanol–water partition coefficient (Wildman–Crippen LogP) is 1.89. The number of carbonyl (C=O) groups excluding carboxylic acids is 1. The minimum absolute atomic E-state index is 0.00173. The number of aromatic nitrogens is 1. The maximum atomic E-state index is 13.3. The molecule has 0 aliphatic carbocycles. The van der Waals surface area contributed by atoms with Crippen LogP contribution in [0.1, 0.15) is 38.9 Å². The smallest absolute Gasteiger partial charge is 0.341 e. The number of aromatic carboxylic acids is 1. The van der Waals surface area contributed by atoms with Crippen molar-refractivity contribution in [2.45, 2.75) is 26.2 Å². The summed E-state index contributed by atoms with van der Waals surface area (Å²) in [5.41, 5.74) is -0.100. The van der Waals surface area contributed by atoms with Gasteiger partial charge >= 0.3 is 5.97 Å². The highest BCUT2D eigenvalue weighted by Gasteiger charge is 2.34. The average Bonchev–Trinajstić information content (AvgIpc) is 2.80. The first kappa shape index (κ1) is 23.8. The zero-order valence-corrected chi connectivity index (χ0v) is 18.7. The lowest BCUT2D eigenvalue weighted by Gasteiger charge is -2.40. The van der Waals surface area contributed by atoms with Gasteiger partial charge in [0.1, 0.15) is 24.3 Å². The number of aliphatic hydroxyl groups excluding tert-OH is 1. The van der Waals surface area contributed by atoms with E-state index in [2.05, 4.69) is 5.32 Å².